The number of aliphatic carboxylic acids is 1. The Kier molecular flexibility index (Phi) is 5.92. The van der Waals surface area contributed by atoms with Gasteiger partial charge in [-0.25, -0.2) is 0 Å². The molecule has 0 aromatic rings. The molecule has 4 heteroatoms. The fourth-order valence-corrected chi connectivity index (χ4v) is 2.40. The fraction of sp³-hybridized carbons (Fsp3) is 0.923. The first kappa shape index (κ1) is 14.5. The van der Waals surface area contributed by atoms with Gasteiger partial charge in [0.05, 0.1) is 0 Å². The summed E-state index contributed by atoms with van der Waals surface area (Å²) in [6, 6.07) is 0. The van der Waals surface area contributed by atoms with E-state index < -0.39 is 5.97 Å². The lowest BCUT2D eigenvalue weighted by molar-refractivity contribution is -0.137. The summed E-state index contributed by atoms with van der Waals surface area (Å²) in [5, 5.41) is 11.9. The van der Waals surface area contributed by atoms with Crippen molar-refractivity contribution in [2.75, 3.05) is 26.3 Å². The minimum absolute atomic E-state index is 0.255. The summed E-state index contributed by atoms with van der Waals surface area (Å²) >= 11 is 0. The average molecular weight is 243 g/mol. The molecule has 1 fully saturated rings. The van der Waals surface area contributed by atoms with Crippen LogP contribution in [0.25, 0.3) is 0 Å². The van der Waals surface area contributed by atoms with Crippen LogP contribution in [0.1, 0.15) is 39.5 Å². The van der Waals surface area contributed by atoms with Crippen molar-refractivity contribution >= 4 is 5.97 Å². The van der Waals surface area contributed by atoms with Crippen LogP contribution in [0.15, 0.2) is 0 Å². The molecule has 0 unspecified atom stereocenters. The van der Waals surface area contributed by atoms with Crippen LogP contribution in [0, 0.1) is 11.3 Å². The van der Waals surface area contributed by atoms with E-state index in [2.05, 4.69) is 19.2 Å². The molecule has 1 heterocycles. The molecule has 0 aromatic heterocycles. The maximum Gasteiger partial charge on any atom is 0.303 e. The Labute approximate surface area is 104 Å². The summed E-state index contributed by atoms with van der Waals surface area (Å²) in [5.41, 5.74) is 0.271. The molecule has 0 atom stereocenters. The molecule has 0 amide bonds. The van der Waals surface area contributed by atoms with Crippen LogP contribution in [0.2, 0.25) is 0 Å². The van der Waals surface area contributed by atoms with E-state index in [1.54, 1.807) is 0 Å². The summed E-state index contributed by atoms with van der Waals surface area (Å²) in [5.74, 6) is -0.00119. The van der Waals surface area contributed by atoms with Gasteiger partial charge in [-0.2, -0.15) is 0 Å². The van der Waals surface area contributed by atoms with Crippen molar-refractivity contribution in [3.05, 3.63) is 0 Å². The number of hydrogen-bond acceptors (Lipinski definition) is 3. The first-order valence-electron chi connectivity index (χ1n) is 6.52. The van der Waals surface area contributed by atoms with Gasteiger partial charge in [-0.1, -0.05) is 13.8 Å². The van der Waals surface area contributed by atoms with Crippen LogP contribution in [0.4, 0.5) is 0 Å². The second kappa shape index (κ2) is 6.97. The Morgan fingerprint density at radius 1 is 1.41 bits per heavy atom. The molecule has 1 aliphatic rings. The van der Waals surface area contributed by atoms with Gasteiger partial charge in [0.2, 0.25) is 0 Å². The standard InChI is InChI=1S/C13H25NO3/c1-13(2,11-5-8-17-9-6-11)10-14-7-3-4-12(15)16/h11,14H,3-10H2,1-2H3,(H,15,16). The Morgan fingerprint density at radius 2 is 2.06 bits per heavy atom. The van der Waals surface area contributed by atoms with Crippen molar-refractivity contribution in [2.45, 2.75) is 39.5 Å². The van der Waals surface area contributed by atoms with E-state index in [9.17, 15) is 4.79 Å². The topological polar surface area (TPSA) is 58.6 Å². The molecule has 4 nitrogen and oxygen atoms in total. The average Bonchev–Trinajstić information content (AvgIpc) is 2.29. The highest BCUT2D eigenvalue weighted by molar-refractivity contribution is 5.66. The van der Waals surface area contributed by atoms with Crippen LogP contribution >= 0.6 is 0 Å². The van der Waals surface area contributed by atoms with Crippen LogP contribution in [-0.2, 0) is 9.53 Å². The van der Waals surface area contributed by atoms with Crippen LogP contribution in [0.5, 0.6) is 0 Å². The maximum atomic E-state index is 10.4. The second-order valence-electron chi connectivity index (χ2n) is 5.55. The Balaban J connectivity index is 2.17. The van der Waals surface area contributed by atoms with Gasteiger partial charge < -0.3 is 15.2 Å². The predicted molar refractivity (Wildman–Crippen MR) is 67.1 cm³/mol. The molecule has 0 spiro atoms. The highest BCUT2D eigenvalue weighted by Gasteiger charge is 2.30. The summed E-state index contributed by atoms with van der Waals surface area (Å²) in [7, 11) is 0. The van der Waals surface area contributed by atoms with E-state index in [-0.39, 0.29) is 11.8 Å². The van der Waals surface area contributed by atoms with E-state index in [4.69, 9.17) is 9.84 Å². The van der Waals surface area contributed by atoms with Gasteiger partial charge in [0.15, 0.2) is 0 Å². The van der Waals surface area contributed by atoms with Gasteiger partial charge >= 0.3 is 5.97 Å². The molecule has 0 aliphatic carbocycles. The van der Waals surface area contributed by atoms with Crippen molar-refractivity contribution in [1.29, 1.82) is 0 Å². The minimum Gasteiger partial charge on any atom is -0.481 e. The van der Waals surface area contributed by atoms with Gasteiger partial charge in [0.25, 0.3) is 0 Å². The van der Waals surface area contributed by atoms with E-state index in [1.165, 1.54) is 0 Å². The lowest BCUT2D eigenvalue weighted by atomic mass is 9.74. The molecule has 0 aromatic carbocycles. The quantitative estimate of drug-likeness (QED) is 0.670. The number of carbonyl (C=O) groups is 1. The van der Waals surface area contributed by atoms with E-state index >= 15 is 0 Å². The van der Waals surface area contributed by atoms with Gasteiger partial charge in [-0.05, 0) is 37.1 Å². The monoisotopic (exact) mass is 243 g/mol. The lowest BCUT2D eigenvalue weighted by Crippen LogP contribution is -2.38. The molecule has 2 N–H and O–H groups in total. The molecule has 0 saturated carbocycles. The number of rotatable bonds is 7. The lowest BCUT2D eigenvalue weighted by Gasteiger charge is -2.37. The van der Waals surface area contributed by atoms with Gasteiger partial charge in [0, 0.05) is 26.2 Å². The third-order valence-electron chi connectivity index (χ3n) is 3.65. The first-order chi connectivity index (χ1) is 8.02. The smallest absolute Gasteiger partial charge is 0.303 e. The molecule has 0 radical (unpaired) electrons. The van der Waals surface area contributed by atoms with Crippen LogP contribution in [0.3, 0.4) is 0 Å². The van der Waals surface area contributed by atoms with Crippen molar-refractivity contribution in [2.24, 2.45) is 11.3 Å². The summed E-state index contributed by atoms with van der Waals surface area (Å²) in [4.78, 5) is 10.4. The number of carboxylic acids is 1. The minimum atomic E-state index is -0.713. The molecule has 1 rings (SSSR count). The summed E-state index contributed by atoms with van der Waals surface area (Å²) in [6.45, 7) is 8.08. The maximum absolute atomic E-state index is 10.4. The van der Waals surface area contributed by atoms with Gasteiger partial charge in [-0.3, -0.25) is 4.79 Å². The van der Waals surface area contributed by atoms with Crippen molar-refractivity contribution in [3.63, 3.8) is 0 Å². The molecule has 1 aliphatic heterocycles. The summed E-state index contributed by atoms with van der Waals surface area (Å²) in [6.07, 6.45) is 3.25. The molecule has 0 bridgehead atoms. The molecule has 17 heavy (non-hydrogen) atoms. The Hall–Kier alpha value is -0.610. The van der Waals surface area contributed by atoms with Crippen molar-refractivity contribution in [1.82, 2.24) is 5.32 Å². The highest BCUT2D eigenvalue weighted by atomic mass is 16.5. The third-order valence-corrected chi connectivity index (χ3v) is 3.65. The number of hydrogen-bond donors (Lipinski definition) is 2. The zero-order valence-corrected chi connectivity index (χ0v) is 11.0. The Morgan fingerprint density at radius 3 is 2.65 bits per heavy atom. The van der Waals surface area contributed by atoms with Gasteiger partial charge in [-0.15, -0.1) is 0 Å². The fourth-order valence-electron chi connectivity index (χ4n) is 2.40. The first-order valence-corrected chi connectivity index (χ1v) is 6.52. The van der Waals surface area contributed by atoms with Gasteiger partial charge in [0.1, 0.15) is 0 Å². The third kappa shape index (κ3) is 5.50. The number of ether oxygens (including phenoxy) is 1. The zero-order chi connectivity index (χ0) is 12.7. The molecule has 100 valence electrons. The van der Waals surface area contributed by atoms with Crippen molar-refractivity contribution < 1.29 is 14.6 Å². The molecular weight excluding hydrogens is 218 g/mol. The summed E-state index contributed by atoms with van der Waals surface area (Å²) < 4.78 is 5.38. The van der Waals surface area contributed by atoms with E-state index in [0.717, 1.165) is 39.1 Å². The normalized spacial score (nSPS) is 18.2. The largest absolute Gasteiger partial charge is 0.481 e. The second-order valence-corrected chi connectivity index (χ2v) is 5.55. The van der Waals surface area contributed by atoms with E-state index in [1.807, 2.05) is 0 Å². The highest BCUT2D eigenvalue weighted by Crippen LogP contribution is 2.33. The number of carboxylic acid groups (broad SMARTS) is 1. The number of nitrogens with one attached hydrogen (secondary N) is 1. The van der Waals surface area contributed by atoms with Crippen LogP contribution in [-0.4, -0.2) is 37.4 Å². The van der Waals surface area contributed by atoms with Crippen molar-refractivity contribution in [3.8, 4) is 0 Å². The SMILES string of the molecule is CC(C)(CNCCCC(=O)O)C1CCOCC1. The molecular formula is C13H25NO3. The van der Waals surface area contributed by atoms with E-state index in [0.29, 0.717) is 12.3 Å². The zero-order valence-electron chi connectivity index (χ0n) is 11.0. The molecule has 1 saturated heterocycles. The predicted octanol–water partition coefficient (Wildman–Crippen LogP) is 1.89. The Bertz CT molecular complexity index is 235. The van der Waals surface area contributed by atoms with Crippen LogP contribution < -0.4 is 5.32 Å².